The summed E-state index contributed by atoms with van der Waals surface area (Å²) in [6, 6.07) is 95.3. The molecular formula is C77H52O2. The first-order valence-corrected chi connectivity index (χ1v) is 26.3. The Hall–Kier alpha value is -10.7. The van der Waals surface area contributed by atoms with Crippen LogP contribution >= 0.6 is 0 Å². The summed E-state index contributed by atoms with van der Waals surface area (Å²) in [6.07, 6.45) is 0. The smallest absolute Gasteiger partial charge is 0.127 e. The molecule has 0 aromatic heterocycles. The molecule has 2 heteroatoms. The van der Waals surface area contributed by atoms with E-state index in [-0.39, 0.29) is 0 Å². The number of hydrogen-bond acceptors (Lipinski definition) is 2. The van der Waals surface area contributed by atoms with Crippen LogP contribution in [0.15, 0.2) is 279 Å². The maximum atomic E-state index is 6.30. The molecule has 0 saturated heterocycles. The molecule has 0 heterocycles. The summed E-state index contributed by atoms with van der Waals surface area (Å²) < 4.78 is 11.8. The van der Waals surface area contributed by atoms with Gasteiger partial charge >= 0.3 is 0 Å². The van der Waals surface area contributed by atoms with E-state index in [9.17, 15) is 0 Å². The van der Waals surface area contributed by atoms with Crippen molar-refractivity contribution in [3.63, 3.8) is 0 Å². The van der Waals surface area contributed by atoms with E-state index in [1.54, 1.807) is 7.11 Å². The van der Waals surface area contributed by atoms with Crippen molar-refractivity contribution in [1.82, 2.24) is 0 Å². The highest BCUT2D eigenvalue weighted by Gasteiger charge is 2.45. The van der Waals surface area contributed by atoms with Crippen LogP contribution in [0.3, 0.4) is 0 Å². The number of aryl methyl sites for hydroxylation is 1. The van der Waals surface area contributed by atoms with Gasteiger partial charge in [-0.15, -0.1) is 0 Å². The average molecular weight is 1010 g/mol. The van der Waals surface area contributed by atoms with E-state index < -0.39 is 5.41 Å². The quantitative estimate of drug-likeness (QED) is 0.155. The molecule has 0 radical (unpaired) electrons. The van der Waals surface area contributed by atoms with Crippen LogP contribution in [0.5, 0.6) is 17.2 Å². The van der Waals surface area contributed by atoms with Gasteiger partial charge in [-0.2, -0.15) is 0 Å². The number of benzene rings is 11. The minimum Gasteiger partial charge on any atom is -0.497 e. The third-order valence-corrected chi connectivity index (χ3v) is 13.9. The second-order valence-electron chi connectivity index (χ2n) is 19.0. The largest absolute Gasteiger partial charge is 0.497 e. The van der Waals surface area contributed by atoms with Crippen molar-refractivity contribution in [2.45, 2.75) is 12.3 Å². The molecule has 0 atom stereocenters. The van der Waals surface area contributed by atoms with Crippen LogP contribution in [0.25, 0.3) is 22.3 Å². The summed E-state index contributed by atoms with van der Waals surface area (Å²) >= 11 is 0. The molecule has 0 fully saturated rings. The van der Waals surface area contributed by atoms with Crippen molar-refractivity contribution in [2.75, 3.05) is 7.11 Å². The topological polar surface area (TPSA) is 18.5 Å². The van der Waals surface area contributed by atoms with Crippen molar-refractivity contribution < 1.29 is 9.47 Å². The Kier molecular flexibility index (Phi) is 15.2. The summed E-state index contributed by atoms with van der Waals surface area (Å²) in [5.41, 5.74) is 17.7. The fourth-order valence-corrected chi connectivity index (χ4v) is 9.89. The first kappa shape index (κ1) is 50.4. The normalized spacial score (nSPS) is 11.1. The van der Waals surface area contributed by atoms with Crippen LogP contribution in [-0.4, -0.2) is 7.11 Å². The van der Waals surface area contributed by atoms with Crippen molar-refractivity contribution >= 4 is 0 Å². The predicted octanol–water partition coefficient (Wildman–Crippen LogP) is 17.1. The Morgan fingerprint density at radius 1 is 0.291 bits per heavy atom. The van der Waals surface area contributed by atoms with Gasteiger partial charge < -0.3 is 9.47 Å². The van der Waals surface area contributed by atoms with Crippen LogP contribution in [0, 0.1) is 54.3 Å². The van der Waals surface area contributed by atoms with Crippen molar-refractivity contribution in [3.8, 4) is 86.9 Å². The minimum absolute atomic E-state index is 0.451. The molecule has 79 heavy (non-hydrogen) atoms. The summed E-state index contributed by atoms with van der Waals surface area (Å²) in [4.78, 5) is 0. The molecule has 12 rings (SSSR count). The third kappa shape index (κ3) is 11.6. The maximum Gasteiger partial charge on any atom is 0.127 e. The molecule has 0 saturated carbocycles. The molecule has 0 N–H and O–H groups in total. The lowest BCUT2D eigenvalue weighted by Gasteiger charge is -2.34. The average Bonchev–Trinajstić information content (AvgIpc) is 3.82. The van der Waals surface area contributed by atoms with Crippen LogP contribution in [0.2, 0.25) is 0 Å². The molecule has 2 nitrogen and oxygen atoms in total. The summed E-state index contributed by atoms with van der Waals surface area (Å²) in [5, 5.41) is 0. The summed E-state index contributed by atoms with van der Waals surface area (Å²) in [7, 11) is 1.71. The van der Waals surface area contributed by atoms with E-state index in [4.69, 9.17) is 9.47 Å². The number of methoxy groups -OCH3 is 1. The van der Waals surface area contributed by atoms with Crippen LogP contribution in [0.4, 0.5) is 0 Å². The molecule has 0 aliphatic heterocycles. The van der Waals surface area contributed by atoms with Gasteiger partial charge in [0.05, 0.1) is 12.5 Å². The first-order chi connectivity index (χ1) is 39.0. The zero-order valence-corrected chi connectivity index (χ0v) is 43.9. The Bertz CT molecular complexity index is 3840. The fourth-order valence-electron chi connectivity index (χ4n) is 9.89. The Morgan fingerprint density at radius 3 is 0.949 bits per heavy atom. The van der Waals surface area contributed by atoms with Crippen molar-refractivity contribution in [1.29, 1.82) is 0 Å². The van der Waals surface area contributed by atoms with Gasteiger partial charge in [-0.05, 0) is 148 Å². The van der Waals surface area contributed by atoms with Gasteiger partial charge in [0.25, 0.3) is 0 Å². The van der Waals surface area contributed by atoms with E-state index >= 15 is 0 Å². The molecule has 372 valence electrons. The highest BCUT2D eigenvalue weighted by molar-refractivity contribution is 5.86. The third-order valence-electron chi connectivity index (χ3n) is 13.9. The zero-order chi connectivity index (χ0) is 53.6. The molecule has 1 aliphatic carbocycles. The van der Waals surface area contributed by atoms with E-state index in [2.05, 4.69) is 188 Å². The maximum absolute atomic E-state index is 6.30. The summed E-state index contributed by atoms with van der Waals surface area (Å²) in [5.74, 6) is 28.9. The zero-order valence-electron chi connectivity index (χ0n) is 43.9. The lowest BCUT2D eigenvalue weighted by atomic mass is 9.68. The SMILES string of the molecule is C(#Cc1cc(C#Cc2ccccc2)c(C#Cc2ccccc2)cc1C#Cc1ccccc1)c1ccccc1.COc1ccc(C2(c3ccc(Oc4ccc(-c5ccc(C)cc5)cc4)cc3)c3ccccc3-c3ccccc32)cc1. The highest BCUT2D eigenvalue weighted by atomic mass is 16.5. The standard InChI is InChI=1S/C39H30O2.C38H22/c1-27-11-13-28(14-12-27)29-15-21-33(22-16-29)41-34-25-19-31(20-26-34)39(30-17-23-32(40-2)24-18-30)37-9-5-3-7-35(37)36-8-4-6-10-38(36)39;1-5-13-31(14-6-1)21-25-35-29-37(27-23-33-17-9-3-10-18-33)38(28-24-34-19-11-4-12-20-34)30-36(35)26-22-32-15-7-2-8-16-32/h3-26H,1-2H3;1-20,29-30H. The number of fused-ring (bicyclic) bond motifs is 3. The predicted molar refractivity (Wildman–Crippen MR) is 323 cm³/mol. The monoisotopic (exact) mass is 1010 g/mol. The van der Waals surface area contributed by atoms with Crippen LogP contribution < -0.4 is 9.47 Å². The number of rotatable bonds is 6. The summed E-state index contributed by atoms with van der Waals surface area (Å²) in [6.45, 7) is 2.11. The molecule has 0 unspecified atom stereocenters. The van der Waals surface area contributed by atoms with Gasteiger partial charge in [0, 0.05) is 44.5 Å². The second kappa shape index (κ2) is 23.9. The van der Waals surface area contributed by atoms with Gasteiger partial charge in [-0.3, -0.25) is 0 Å². The van der Waals surface area contributed by atoms with Gasteiger partial charge in [0.1, 0.15) is 17.2 Å². The van der Waals surface area contributed by atoms with E-state index in [1.165, 1.54) is 50.1 Å². The molecule has 1 aliphatic rings. The number of ether oxygens (including phenoxy) is 2. The van der Waals surface area contributed by atoms with Gasteiger partial charge in [-0.25, -0.2) is 0 Å². The molecule has 0 amide bonds. The van der Waals surface area contributed by atoms with E-state index in [0.717, 1.165) is 61.8 Å². The molecule has 0 bridgehead atoms. The van der Waals surface area contributed by atoms with Crippen molar-refractivity contribution in [2.24, 2.45) is 0 Å². The molecule has 11 aromatic carbocycles. The number of hydrogen-bond donors (Lipinski definition) is 0. The van der Waals surface area contributed by atoms with Crippen LogP contribution in [-0.2, 0) is 5.41 Å². The van der Waals surface area contributed by atoms with Crippen molar-refractivity contribution in [3.05, 3.63) is 351 Å². The molecular weight excluding hydrogens is 957 g/mol. The Balaban J connectivity index is 0.000000168. The van der Waals surface area contributed by atoms with Gasteiger partial charge in [-0.1, -0.05) is 235 Å². The first-order valence-electron chi connectivity index (χ1n) is 26.3. The minimum atomic E-state index is -0.451. The van der Waals surface area contributed by atoms with Gasteiger partial charge in [0.2, 0.25) is 0 Å². The molecule has 11 aromatic rings. The second-order valence-corrected chi connectivity index (χ2v) is 19.0. The lowest BCUT2D eigenvalue weighted by molar-refractivity contribution is 0.414. The fraction of sp³-hybridized carbons (Fsp3) is 0.0390. The Labute approximate surface area is 464 Å². The van der Waals surface area contributed by atoms with Gasteiger partial charge in [0.15, 0.2) is 0 Å². The molecule has 0 spiro atoms. The highest BCUT2D eigenvalue weighted by Crippen LogP contribution is 2.56. The van der Waals surface area contributed by atoms with E-state index in [1.807, 2.05) is 146 Å². The van der Waals surface area contributed by atoms with Crippen LogP contribution in [0.1, 0.15) is 72.3 Å². The van der Waals surface area contributed by atoms with E-state index in [0.29, 0.717) is 0 Å². The Morgan fingerprint density at radius 2 is 0.595 bits per heavy atom. The lowest BCUT2D eigenvalue weighted by Crippen LogP contribution is -2.28.